The lowest BCUT2D eigenvalue weighted by Crippen LogP contribution is -2.45. The molecule has 0 atom stereocenters. The monoisotopic (exact) mass is 314 g/mol. The molecule has 0 unspecified atom stereocenters. The van der Waals surface area contributed by atoms with Gasteiger partial charge in [0.05, 0.1) is 19.2 Å². The van der Waals surface area contributed by atoms with Crippen molar-refractivity contribution in [3.8, 4) is 5.75 Å². The summed E-state index contributed by atoms with van der Waals surface area (Å²) >= 11 is 0. The zero-order chi connectivity index (χ0) is 17.0. The van der Waals surface area contributed by atoms with Crippen molar-refractivity contribution >= 4 is 22.6 Å². The average molecular weight is 314 g/mol. The smallest absolute Gasteiger partial charge is 0.255 e. The summed E-state index contributed by atoms with van der Waals surface area (Å²) < 4.78 is 5.30. The van der Waals surface area contributed by atoms with Gasteiger partial charge in [0.15, 0.2) is 0 Å². The number of hydrogen-bond acceptors (Lipinski definition) is 3. The Morgan fingerprint density at radius 2 is 1.70 bits per heavy atom. The van der Waals surface area contributed by atoms with E-state index in [1.165, 1.54) is 7.11 Å². The molecule has 0 radical (unpaired) electrons. The Balaban J connectivity index is 2.15. The number of rotatable bonds is 4. The van der Waals surface area contributed by atoms with Crippen molar-refractivity contribution in [3.63, 3.8) is 0 Å². The fraction of sp³-hybridized carbons (Fsp3) is 0.333. The molecule has 2 aromatic rings. The molecule has 0 aliphatic carbocycles. The molecule has 0 saturated heterocycles. The molecule has 23 heavy (non-hydrogen) atoms. The van der Waals surface area contributed by atoms with Crippen LogP contribution >= 0.6 is 0 Å². The van der Waals surface area contributed by atoms with Gasteiger partial charge in [0, 0.05) is 5.54 Å². The highest BCUT2D eigenvalue weighted by atomic mass is 16.5. The summed E-state index contributed by atoms with van der Waals surface area (Å²) in [5.41, 5.74) is 0.0809. The first-order valence-electron chi connectivity index (χ1n) is 7.46. The molecule has 2 aromatic carbocycles. The van der Waals surface area contributed by atoms with Crippen LogP contribution in [0.4, 0.5) is 0 Å². The fourth-order valence-electron chi connectivity index (χ4n) is 2.28. The topological polar surface area (TPSA) is 67.4 Å². The Bertz CT molecular complexity index is 733. The van der Waals surface area contributed by atoms with Crippen LogP contribution in [0.15, 0.2) is 36.4 Å². The molecular formula is C18H22N2O3. The van der Waals surface area contributed by atoms with Gasteiger partial charge in [-0.25, -0.2) is 0 Å². The molecule has 122 valence electrons. The van der Waals surface area contributed by atoms with Crippen LogP contribution in [0.25, 0.3) is 10.8 Å². The van der Waals surface area contributed by atoms with Gasteiger partial charge in [-0.3, -0.25) is 9.59 Å². The number of carbonyl (C=O) groups is 2. The van der Waals surface area contributed by atoms with E-state index >= 15 is 0 Å². The molecule has 0 heterocycles. The first-order chi connectivity index (χ1) is 10.8. The highest BCUT2D eigenvalue weighted by Crippen LogP contribution is 2.25. The zero-order valence-corrected chi connectivity index (χ0v) is 13.9. The number of nitrogens with one attached hydrogen (secondary N) is 2. The number of fused-ring (bicyclic) bond motifs is 1. The lowest BCUT2D eigenvalue weighted by Gasteiger charge is -2.20. The number of amides is 2. The molecule has 5 nitrogen and oxygen atoms in total. The maximum Gasteiger partial charge on any atom is 0.255 e. The molecule has 2 amide bonds. The molecular weight excluding hydrogens is 292 g/mol. The second-order valence-corrected chi connectivity index (χ2v) is 6.38. The van der Waals surface area contributed by atoms with E-state index in [2.05, 4.69) is 10.6 Å². The summed E-state index contributed by atoms with van der Waals surface area (Å²) in [6.45, 7) is 5.59. The number of methoxy groups -OCH3 is 1. The second-order valence-electron chi connectivity index (χ2n) is 6.38. The largest absolute Gasteiger partial charge is 0.496 e. The van der Waals surface area contributed by atoms with Gasteiger partial charge in [-0.05, 0) is 43.7 Å². The van der Waals surface area contributed by atoms with E-state index < -0.39 is 0 Å². The third kappa shape index (κ3) is 4.45. The quantitative estimate of drug-likeness (QED) is 0.911. The van der Waals surface area contributed by atoms with Gasteiger partial charge in [0.1, 0.15) is 5.75 Å². The van der Waals surface area contributed by atoms with Gasteiger partial charge in [-0.15, -0.1) is 0 Å². The van der Waals surface area contributed by atoms with E-state index in [1.807, 2.05) is 51.1 Å². The van der Waals surface area contributed by atoms with Gasteiger partial charge in [-0.2, -0.15) is 0 Å². The van der Waals surface area contributed by atoms with Crippen molar-refractivity contribution in [2.45, 2.75) is 26.3 Å². The maximum absolute atomic E-state index is 12.4. The normalized spacial score (nSPS) is 11.1. The third-order valence-corrected chi connectivity index (χ3v) is 3.24. The minimum atomic E-state index is -0.336. The molecule has 5 heteroatoms. The third-order valence-electron chi connectivity index (χ3n) is 3.24. The number of carbonyl (C=O) groups excluding carboxylic acids is 2. The Hall–Kier alpha value is -2.56. The summed E-state index contributed by atoms with van der Waals surface area (Å²) in [6, 6.07) is 11.3. The summed E-state index contributed by atoms with van der Waals surface area (Å²) in [4.78, 5) is 24.2. The van der Waals surface area contributed by atoms with E-state index in [0.717, 1.165) is 10.8 Å². The molecule has 0 aliphatic rings. The molecule has 0 bridgehead atoms. The molecule has 2 N–H and O–H groups in total. The highest BCUT2D eigenvalue weighted by molar-refractivity contribution is 6.02. The van der Waals surface area contributed by atoms with E-state index in [4.69, 9.17) is 4.74 Å². The lowest BCUT2D eigenvalue weighted by molar-refractivity contribution is -0.121. The minimum absolute atomic E-state index is 0.0773. The lowest BCUT2D eigenvalue weighted by atomic mass is 10.1. The molecule has 2 rings (SSSR count). The predicted molar refractivity (Wildman–Crippen MR) is 90.7 cm³/mol. The summed E-state index contributed by atoms with van der Waals surface area (Å²) in [6.07, 6.45) is 0. The van der Waals surface area contributed by atoms with Crippen molar-refractivity contribution in [1.82, 2.24) is 10.6 Å². The second kappa shape index (κ2) is 6.69. The van der Waals surface area contributed by atoms with Crippen molar-refractivity contribution in [1.29, 1.82) is 0 Å². The summed E-state index contributed by atoms with van der Waals surface area (Å²) in [5.74, 6) is -0.0836. The van der Waals surface area contributed by atoms with Crippen molar-refractivity contribution < 1.29 is 14.3 Å². The van der Waals surface area contributed by atoms with E-state index in [9.17, 15) is 9.59 Å². The standard InChI is InChI=1S/C18H22N2O3/c1-18(2,3)20-16(21)11-19-17(22)14-9-12-7-5-6-8-13(12)10-15(14)23-4/h5-10H,11H2,1-4H3,(H,19,22)(H,20,21). The van der Waals surface area contributed by atoms with Crippen LogP contribution < -0.4 is 15.4 Å². The first-order valence-corrected chi connectivity index (χ1v) is 7.46. The molecule has 0 aromatic heterocycles. The minimum Gasteiger partial charge on any atom is -0.496 e. The van der Waals surface area contributed by atoms with Crippen LogP contribution in [0.5, 0.6) is 5.75 Å². The summed E-state index contributed by atoms with van der Waals surface area (Å²) in [5, 5.41) is 7.36. The fourth-order valence-corrected chi connectivity index (χ4v) is 2.28. The van der Waals surface area contributed by atoms with Crippen molar-refractivity contribution in [2.24, 2.45) is 0 Å². The van der Waals surface area contributed by atoms with Gasteiger partial charge >= 0.3 is 0 Å². The zero-order valence-electron chi connectivity index (χ0n) is 13.9. The first kappa shape index (κ1) is 16.8. The SMILES string of the molecule is COc1cc2ccccc2cc1C(=O)NCC(=O)NC(C)(C)C. The van der Waals surface area contributed by atoms with Crippen LogP contribution in [0.3, 0.4) is 0 Å². The van der Waals surface area contributed by atoms with Crippen LogP contribution in [0.1, 0.15) is 31.1 Å². The van der Waals surface area contributed by atoms with Crippen molar-refractivity contribution in [3.05, 3.63) is 42.0 Å². The van der Waals surface area contributed by atoms with Gasteiger partial charge in [0.2, 0.25) is 5.91 Å². The Labute approximate surface area is 136 Å². The molecule has 0 saturated carbocycles. The van der Waals surface area contributed by atoms with Crippen molar-refractivity contribution in [2.75, 3.05) is 13.7 Å². The summed E-state index contributed by atoms with van der Waals surface area (Å²) in [7, 11) is 1.52. The Morgan fingerprint density at radius 3 is 2.26 bits per heavy atom. The van der Waals surface area contributed by atoms with Crippen LogP contribution in [0.2, 0.25) is 0 Å². The van der Waals surface area contributed by atoms with Gasteiger partial charge in [0.25, 0.3) is 5.91 Å². The Morgan fingerprint density at radius 1 is 1.09 bits per heavy atom. The number of benzene rings is 2. The number of hydrogen-bond donors (Lipinski definition) is 2. The average Bonchev–Trinajstić information content (AvgIpc) is 2.49. The number of ether oxygens (including phenoxy) is 1. The molecule has 0 aliphatic heterocycles. The van der Waals surface area contributed by atoms with Gasteiger partial charge < -0.3 is 15.4 Å². The predicted octanol–water partition coefficient (Wildman–Crippen LogP) is 2.49. The molecule has 0 spiro atoms. The van der Waals surface area contributed by atoms with Crippen LogP contribution in [-0.2, 0) is 4.79 Å². The van der Waals surface area contributed by atoms with Crippen LogP contribution in [-0.4, -0.2) is 31.0 Å². The van der Waals surface area contributed by atoms with E-state index in [0.29, 0.717) is 11.3 Å². The van der Waals surface area contributed by atoms with Gasteiger partial charge in [-0.1, -0.05) is 24.3 Å². The molecule has 0 fully saturated rings. The highest BCUT2D eigenvalue weighted by Gasteiger charge is 2.17. The van der Waals surface area contributed by atoms with Crippen LogP contribution in [0, 0.1) is 0 Å². The Kier molecular flexibility index (Phi) is 4.89. The maximum atomic E-state index is 12.4. The van der Waals surface area contributed by atoms with E-state index in [-0.39, 0.29) is 23.9 Å². The van der Waals surface area contributed by atoms with E-state index in [1.54, 1.807) is 6.07 Å².